The van der Waals surface area contributed by atoms with E-state index >= 15 is 0 Å². The van der Waals surface area contributed by atoms with E-state index in [0.29, 0.717) is 17.2 Å². The number of aliphatic hydroxyl groups excluding tert-OH is 1. The molecule has 0 fully saturated rings. The first kappa shape index (κ1) is 12.9. The Morgan fingerprint density at radius 2 is 2.22 bits per heavy atom. The van der Waals surface area contributed by atoms with Gasteiger partial charge in [0.2, 0.25) is 0 Å². The largest absolute Gasteiger partial charge is 0.495 e. The van der Waals surface area contributed by atoms with Gasteiger partial charge in [0.1, 0.15) is 11.6 Å². The lowest BCUT2D eigenvalue weighted by Gasteiger charge is -2.08. The molecule has 0 saturated heterocycles. The van der Waals surface area contributed by atoms with Crippen LogP contribution in [0.25, 0.3) is 11.3 Å². The Balaban J connectivity index is 2.40. The summed E-state index contributed by atoms with van der Waals surface area (Å²) in [5, 5.41) is 9.44. The predicted molar refractivity (Wildman–Crippen MR) is 71.1 cm³/mol. The Morgan fingerprint density at radius 3 is 2.89 bits per heavy atom. The number of aromatic amines is 1. The van der Waals surface area contributed by atoms with Crippen LogP contribution in [-0.4, -0.2) is 28.8 Å². The van der Waals surface area contributed by atoms with E-state index in [4.69, 9.17) is 21.4 Å². The number of hydrogen-bond acceptors (Lipinski definition) is 3. The van der Waals surface area contributed by atoms with Gasteiger partial charge >= 0.3 is 0 Å². The third kappa shape index (κ3) is 2.49. The van der Waals surface area contributed by atoms with Crippen LogP contribution in [0.1, 0.15) is 11.4 Å². The predicted octanol–water partition coefficient (Wildman–Crippen LogP) is 2.58. The number of methoxy groups -OCH3 is 1. The number of aryl methyl sites for hydroxylation is 1. The molecule has 0 radical (unpaired) electrons. The van der Waals surface area contributed by atoms with Crippen molar-refractivity contribution in [1.29, 1.82) is 0 Å². The van der Waals surface area contributed by atoms with Gasteiger partial charge in [0.05, 0.1) is 30.6 Å². The average molecular weight is 267 g/mol. The molecule has 4 nitrogen and oxygen atoms in total. The van der Waals surface area contributed by atoms with Crippen LogP contribution in [0, 0.1) is 6.92 Å². The lowest BCUT2D eigenvalue weighted by molar-refractivity contribution is 0.297. The van der Waals surface area contributed by atoms with E-state index in [0.717, 1.165) is 22.6 Å². The minimum Gasteiger partial charge on any atom is -0.495 e. The van der Waals surface area contributed by atoms with Crippen molar-refractivity contribution in [2.75, 3.05) is 13.7 Å². The van der Waals surface area contributed by atoms with Crippen molar-refractivity contribution >= 4 is 11.6 Å². The van der Waals surface area contributed by atoms with E-state index in [2.05, 4.69) is 9.97 Å². The number of nitrogens with zero attached hydrogens (tertiary/aromatic N) is 1. The Kier molecular flexibility index (Phi) is 3.89. The molecule has 0 aliphatic heterocycles. The first-order chi connectivity index (χ1) is 8.65. The summed E-state index contributed by atoms with van der Waals surface area (Å²) in [6.07, 6.45) is 2.26. The van der Waals surface area contributed by atoms with E-state index in [1.165, 1.54) is 0 Å². The van der Waals surface area contributed by atoms with Gasteiger partial charge in [-0.05, 0) is 24.6 Å². The average Bonchev–Trinajstić information content (AvgIpc) is 2.80. The number of nitrogens with one attached hydrogen (secondary N) is 1. The lowest BCUT2D eigenvalue weighted by Crippen LogP contribution is -1.93. The molecule has 1 heterocycles. The molecular weight excluding hydrogens is 252 g/mol. The molecule has 1 aromatic carbocycles. The highest BCUT2D eigenvalue weighted by Gasteiger charge is 2.10. The number of rotatable bonds is 4. The van der Waals surface area contributed by atoms with Crippen LogP contribution in [0.2, 0.25) is 5.02 Å². The summed E-state index contributed by atoms with van der Waals surface area (Å²) in [5.41, 5.74) is 2.92. The first-order valence-electron chi connectivity index (χ1n) is 5.65. The Bertz CT molecular complexity index is 552. The maximum absolute atomic E-state index is 8.87. The van der Waals surface area contributed by atoms with Gasteiger partial charge in [-0.15, -0.1) is 0 Å². The molecule has 0 saturated carbocycles. The number of ether oxygens (including phenoxy) is 1. The summed E-state index contributed by atoms with van der Waals surface area (Å²) in [5.74, 6) is 1.42. The van der Waals surface area contributed by atoms with Crippen molar-refractivity contribution in [3.05, 3.63) is 34.7 Å². The molecule has 0 spiro atoms. The fourth-order valence-corrected chi connectivity index (χ4v) is 2.07. The first-order valence-corrected chi connectivity index (χ1v) is 6.02. The second kappa shape index (κ2) is 5.42. The molecule has 0 bridgehead atoms. The molecule has 0 amide bonds. The summed E-state index contributed by atoms with van der Waals surface area (Å²) in [7, 11) is 1.59. The number of imidazole rings is 1. The van der Waals surface area contributed by atoms with Gasteiger partial charge in [0.25, 0.3) is 0 Å². The Labute approximate surface area is 111 Å². The van der Waals surface area contributed by atoms with Gasteiger partial charge < -0.3 is 14.8 Å². The van der Waals surface area contributed by atoms with Crippen molar-refractivity contribution in [2.45, 2.75) is 13.3 Å². The van der Waals surface area contributed by atoms with Gasteiger partial charge in [-0.25, -0.2) is 4.98 Å². The van der Waals surface area contributed by atoms with Crippen LogP contribution in [0.5, 0.6) is 5.75 Å². The molecule has 2 rings (SSSR count). The monoisotopic (exact) mass is 266 g/mol. The van der Waals surface area contributed by atoms with Crippen molar-refractivity contribution in [1.82, 2.24) is 9.97 Å². The maximum atomic E-state index is 8.87. The van der Waals surface area contributed by atoms with Gasteiger partial charge in [-0.3, -0.25) is 0 Å². The van der Waals surface area contributed by atoms with Crippen LogP contribution in [0.4, 0.5) is 0 Å². The molecule has 5 heteroatoms. The van der Waals surface area contributed by atoms with Crippen LogP contribution in [0.15, 0.2) is 18.3 Å². The number of halogens is 1. The molecular formula is C13H15ClN2O2. The van der Waals surface area contributed by atoms with E-state index < -0.39 is 0 Å². The molecule has 0 atom stereocenters. The third-order valence-electron chi connectivity index (χ3n) is 2.77. The highest BCUT2D eigenvalue weighted by atomic mass is 35.5. The molecule has 96 valence electrons. The zero-order valence-electron chi connectivity index (χ0n) is 10.3. The normalized spacial score (nSPS) is 10.7. The third-order valence-corrected chi connectivity index (χ3v) is 3.06. The Morgan fingerprint density at radius 1 is 1.44 bits per heavy atom. The van der Waals surface area contributed by atoms with E-state index in [1.807, 2.05) is 19.1 Å². The van der Waals surface area contributed by atoms with E-state index in [9.17, 15) is 0 Å². The smallest absolute Gasteiger partial charge is 0.137 e. The molecule has 0 aliphatic carbocycles. The van der Waals surface area contributed by atoms with Crippen LogP contribution < -0.4 is 4.74 Å². The number of aliphatic hydroxyl groups is 1. The molecule has 2 N–H and O–H groups in total. The van der Waals surface area contributed by atoms with Crippen molar-refractivity contribution in [3.8, 4) is 17.0 Å². The SMILES string of the molecule is COc1cc(C)c(-c2cnc(CCO)[nH]2)cc1Cl. The van der Waals surface area contributed by atoms with Crippen LogP contribution in [0.3, 0.4) is 0 Å². The second-order valence-electron chi connectivity index (χ2n) is 4.02. The number of H-pyrrole nitrogens is 1. The minimum atomic E-state index is 0.0787. The van der Waals surface area contributed by atoms with Crippen molar-refractivity contribution in [3.63, 3.8) is 0 Å². The summed E-state index contributed by atoms with van der Waals surface area (Å²) < 4.78 is 5.17. The number of aromatic nitrogens is 2. The fourth-order valence-electron chi connectivity index (χ4n) is 1.83. The second-order valence-corrected chi connectivity index (χ2v) is 4.43. The number of benzene rings is 1. The summed E-state index contributed by atoms with van der Waals surface area (Å²) in [4.78, 5) is 7.37. The van der Waals surface area contributed by atoms with Crippen molar-refractivity contribution in [2.24, 2.45) is 0 Å². The quantitative estimate of drug-likeness (QED) is 0.894. The summed E-state index contributed by atoms with van der Waals surface area (Å²) in [6.45, 7) is 2.07. The molecule has 18 heavy (non-hydrogen) atoms. The molecule has 1 aromatic heterocycles. The van der Waals surface area contributed by atoms with Gasteiger partial charge in [0, 0.05) is 12.0 Å². The van der Waals surface area contributed by atoms with Gasteiger partial charge in [-0.1, -0.05) is 11.6 Å². The highest BCUT2D eigenvalue weighted by molar-refractivity contribution is 6.32. The lowest BCUT2D eigenvalue weighted by atomic mass is 10.1. The topological polar surface area (TPSA) is 58.1 Å². The summed E-state index contributed by atoms with van der Waals surface area (Å²) >= 11 is 6.12. The molecule has 2 aromatic rings. The van der Waals surface area contributed by atoms with E-state index in [-0.39, 0.29) is 6.61 Å². The standard InChI is InChI=1S/C13H15ClN2O2/c1-8-5-12(18-2)10(14)6-9(8)11-7-15-13(16-11)3-4-17/h5-7,17H,3-4H2,1-2H3,(H,15,16). The van der Waals surface area contributed by atoms with Crippen molar-refractivity contribution < 1.29 is 9.84 Å². The number of hydrogen-bond donors (Lipinski definition) is 2. The van der Waals surface area contributed by atoms with Crippen LogP contribution in [-0.2, 0) is 6.42 Å². The maximum Gasteiger partial charge on any atom is 0.137 e. The molecule has 0 unspecified atom stereocenters. The summed E-state index contributed by atoms with van der Waals surface area (Å²) in [6, 6.07) is 3.75. The molecule has 0 aliphatic rings. The van der Waals surface area contributed by atoms with Crippen LogP contribution >= 0.6 is 11.6 Å². The fraction of sp³-hybridized carbons (Fsp3) is 0.308. The van der Waals surface area contributed by atoms with Gasteiger partial charge in [-0.2, -0.15) is 0 Å². The van der Waals surface area contributed by atoms with Gasteiger partial charge in [0.15, 0.2) is 0 Å². The minimum absolute atomic E-state index is 0.0787. The zero-order valence-corrected chi connectivity index (χ0v) is 11.1. The Hall–Kier alpha value is -1.52. The highest BCUT2D eigenvalue weighted by Crippen LogP contribution is 2.32. The van der Waals surface area contributed by atoms with E-state index in [1.54, 1.807) is 13.3 Å². The zero-order chi connectivity index (χ0) is 13.1.